The van der Waals surface area contributed by atoms with Crippen LogP contribution in [0.15, 0.2) is 16.1 Å². The number of rotatable bonds is 4. The molecule has 1 saturated heterocycles. The number of amides is 1. The number of thioether (sulfide) groups is 1. The molecule has 1 unspecified atom stereocenters. The van der Waals surface area contributed by atoms with Crippen molar-refractivity contribution in [3.8, 4) is 0 Å². The van der Waals surface area contributed by atoms with Gasteiger partial charge in [0.25, 0.3) is 0 Å². The third kappa shape index (κ3) is 3.10. The summed E-state index contributed by atoms with van der Waals surface area (Å²) in [4.78, 5) is 26.0. The highest BCUT2D eigenvalue weighted by Crippen LogP contribution is 2.39. The summed E-state index contributed by atoms with van der Waals surface area (Å²) in [7, 11) is -3.96. The SMILES string of the molecule is Cc1nnc(SCC2=CN3C(=O)[C@@H](N)[C@H]3S(=O)(=O)C2C(=O)C(C)(C)C)s1. The molecule has 2 aliphatic heterocycles. The third-order valence-corrected chi connectivity index (χ3v) is 8.69. The van der Waals surface area contributed by atoms with Gasteiger partial charge in [0.2, 0.25) is 5.91 Å². The number of nitrogens with two attached hydrogens (primary N) is 1. The molecule has 3 rings (SSSR count). The third-order valence-electron chi connectivity index (χ3n) is 4.27. The number of hydrogen-bond donors (Lipinski definition) is 1. The number of hydrogen-bond acceptors (Lipinski definition) is 9. The average molecular weight is 417 g/mol. The lowest BCUT2D eigenvalue weighted by molar-refractivity contribution is -0.141. The highest BCUT2D eigenvalue weighted by Gasteiger charge is 2.59. The zero-order chi connectivity index (χ0) is 19.4. The van der Waals surface area contributed by atoms with Gasteiger partial charge in [0.15, 0.2) is 25.3 Å². The highest BCUT2D eigenvalue weighted by atomic mass is 32.2. The van der Waals surface area contributed by atoms with E-state index < -0.39 is 43.6 Å². The minimum atomic E-state index is -3.96. The van der Waals surface area contributed by atoms with Crippen molar-refractivity contribution >= 4 is 44.6 Å². The molecule has 0 aromatic carbocycles. The van der Waals surface area contributed by atoms with E-state index in [0.29, 0.717) is 9.91 Å². The molecule has 3 heterocycles. The summed E-state index contributed by atoms with van der Waals surface area (Å²) >= 11 is 2.69. The van der Waals surface area contributed by atoms with E-state index in [4.69, 9.17) is 5.73 Å². The van der Waals surface area contributed by atoms with Crippen LogP contribution in [0.1, 0.15) is 25.8 Å². The Morgan fingerprint density at radius 3 is 2.58 bits per heavy atom. The van der Waals surface area contributed by atoms with Crippen molar-refractivity contribution in [1.82, 2.24) is 15.1 Å². The Kier molecular flexibility index (Phi) is 4.79. The molecule has 11 heteroatoms. The lowest BCUT2D eigenvalue weighted by Crippen LogP contribution is -2.73. The number of carbonyl (C=O) groups is 2. The van der Waals surface area contributed by atoms with Gasteiger partial charge in [0, 0.05) is 17.4 Å². The summed E-state index contributed by atoms with van der Waals surface area (Å²) in [5.41, 5.74) is 5.23. The van der Waals surface area contributed by atoms with Gasteiger partial charge < -0.3 is 5.73 Å². The molecular weight excluding hydrogens is 396 g/mol. The monoisotopic (exact) mass is 416 g/mol. The molecule has 3 atom stereocenters. The van der Waals surface area contributed by atoms with Gasteiger partial charge in [0.05, 0.1) is 0 Å². The second-order valence-corrected chi connectivity index (χ2v) is 11.9. The molecule has 1 fully saturated rings. The van der Waals surface area contributed by atoms with Crippen molar-refractivity contribution in [3.05, 3.63) is 16.8 Å². The van der Waals surface area contributed by atoms with Crippen LogP contribution < -0.4 is 5.73 Å². The van der Waals surface area contributed by atoms with Gasteiger partial charge >= 0.3 is 0 Å². The number of aromatic nitrogens is 2. The van der Waals surface area contributed by atoms with Gasteiger partial charge in [-0.05, 0) is 12.5 Å². The first-order valence-electron chi connectivity index (χ1n) is 7.93. The maximum Gasteiger partial charge on any atom is 0.247 e. The minimum absolute atomic E-state index is 0.228. The number of β-lactam (4-membered cyclic amide) rings is 1. The fourth-order valence-electron chi connectivity index (χ4n) is 2.91. The maximum absolute atomic E-state index is 13.1. The smallest absolute Gasteiger partial charge is 0.247 e. The van der Waals surface area contributed by atoms with Crippen molar-refractivity contribution < 1.29 is 18.0 Å². The fraction of sp³-hybridized carbons (Fsp3) is 0.600. The minimum Gasteiger partial charge on any atom is -0.317 e. The van der Waals surface area contributed by atoms with Crippen LogP contribution in [0.5, 0.6) is 0 Å². The van der Waals surface area contributed by atoms with Gasteiger partial charge in [-0.2, -0.15) is 0 Å². The normalized spacial score (nSPS) is 27.6. The molecular formula is C15H20N4O4S3. The molecule has 8 nitrogen and oxygen atoms in total. The Morgan fingerprint density at radius 2 is 2.04 bits per heavy atom. The van der Waals surface area contributed by atoms with Crippen LogP contribution in [0.2, 0.25) is 0 Å². The Morgan fingerprint density at radius 1 is 1.38 bits per heavy atom. The van der Waals surface area contributed by atoms with Crippen LogP contribution >= 0.6 is 23.1 Å². The summed E-state index contributed by atoms with van der Waals surface area (Å²) in [6.07, 6.45) is 1.48. The Hall–Kier alpha value is -1.30. The maximum atomic E-state index is 13.1. The van der Waals surface area contributed by atoms with Crippen molar-refractivity contribution in [2.45, 2.75) is 48.7 Å². The van der Waals surface area contributed by atoms with Crippen molar-refractivity contribution in [2.75, 3.05) is 5.75 Å². The second kappa shape index (κ2) is 6.39. The summed E-state index contributed by atoms with van der Waals surface area (Å²) < 4.78 is 26.8. The molecule has 0 bridgehead atoms. The molecule has 26 heavy (non-hydrogen) atoms. The van der Waals surface area contributed by atoms with Crippen LogP contribution in [0.3, 0.4) is 0 Å². The number of Topliss-reactive ketones (excluding diaryl/α,β-unsaturated/α-hetero) is 1. The van der Waals surface area contributed by atoms with E-state index in [9.17, 15) is 18.0 Å². The van der Waals surface area contributed by atoms with E-state index in [2.05, 4.69) is 10.2 Å². The van der Waals surface area contributed by atoms with Crippen molar-refractivity contribution in [2.24, 2.45) is 11.1 Å². The molecule has 2 aliphatic rings. The van der Waals surface area contributed by atoms with Gasteiger partial charge in [-0.15, -0.1) is 10.2 Å². The molecule has 1 aromatic heterocycles. The first kappa shape index (κ1) is 19.5. The molecule has 2 N–H and O–H groups in total. The van der Waals surface area contributed by atoms with Gasteiger partial charge in [0.1, 0.15) is 16.3 Å². The standard InChI is InChI=1S/C15H20N4O4S3/c1-7-17-18-14(25-7)24-6-8-5-19-12(21)9(16)13(19)26(22,23)10(8)11(20)15(2,3)4/h5,9-10,13H,6,16H2,1-4H3/t9-,10?,13-/m1/s1. The molecule has 0 saturated carbocycles. The number of sulfone groups is 1. The summed E-state index contributed by atoms with van der Waals surface area (Å²) in [6.45, 7) is 6.87. The first-order valence-corrected chi connectivity index (χ1v) is 11.3. The van der Waals surface area contributed by atoms with Gasteiger partial charge in [-0.1, -0.05) is 43.9 Å². The zero-order valence-electron chi connectivity index (χ0n) is 14.8. The molecule has 0 radical (unpaired) electrons. The van der Waals surface area contributed by atoms with E-state index in [0.717, 1.165) is 9.91 Å². The summed E-state index contributed by atoms with van der Waals surface area (Å²) in [5, 5.41) is 6.25. The van der Waals surface area contributed by atoms with Gasteiger partial charge in [-0.3, -0.25) is 14.5 Å². The van der Waals surface area contributed by atoms with E-state index in [1.54, 1.807) is 20.8 Å². The number of nitrogens with zero attached hydrogens (tertiary/aromatic N) is 3. The van der Waals surface area contributed by atoms with Gasteiger partial charge in [-0.25, -0.2) is 8.42 Å². The molecule has 142 valence electrons. The Balaban J connectivity index is 1.98. The first-order chi connectivity index (χ1) is 11.9. The topological polar surface area (TPSA) is 123 Å². The fourth-order valence-corrected chi connectivity index (χ4v) is 7.34. The average Bonchev–Trinajstić information content (AvgIpc) is 2.95. The number of carbonyl (C=O) groups excluding carboxylic acids is 2. The van der Waals surface area contributed by atoms with E-state index in [1.807, 2.05) is 6.92 Å². The largest absolute Gasteiger partial charge is 0.317 e. The Bertz CT molecular complexity index is 900. The number of ketones is 1. The Labute approximate surface area is 160 Å². The number of fused-ring (bicyclic) bond motifs is 1. The van der Waals surface area contributed by atoms with Crippen LogP contribution in [-0.2, 0) is 19.4 Å². The van der Waals surface area contributed by atoms with Crippen LogP contribution in [0.25, 0.3) is 0 Å². The predicted octanol–water partition coefficient (Wildman–Crippen LogP) is 0.730. The summed E-state index contributed by atoms with van der Waals surface area (Å²) in [6, 6.07) is -1.12. The quantitative estimate of drug-likeness (QED) is 0.563. The van der Waals surface area contributed by atoms with Crippen molar-refractivity contribution in [3.63, 3.8) is 0 Å². The van der Waals surface area contributed by atoms with E-state index >= 15 is 0 Å². The molecule has 0 spiro atoms. The highest BCUT2D eigenvalue weighted by molar-refractivity contribution is 8.01. The molecule has 0 aliphatic carbocycles. The van der Waals surface area contributed by atoms with Crippen LogP contribution in [0, 0.1) is 12.3 Å². The summed E-state index contributed by atoms with van der Waals surface area (Å²) in [5.74, 6) is -0.620. The lowest BCUT2D eigenvalue weighted by Gasteiger charge is -2.48. The molecule has 1 amide bonds. The van der Waals surface area contributed by atoms with Crippen LogP contribution in [0.4, 0.5) is 0 Å². The van der Waals surface area contributed by atoms with E-state index in [1.165, 1.54) is 29.3 Å². The van der Waals surface area contributed by atoms with Crippen LogP contribution in [-0.4, -0.2) is 57.6 Å². The second-order valence-electron chi connectivity index (χ2n) is 7.32. The van der Waals surface area contributed by atoms with Crippen molar-refractivity contribution in [1.29, 1.82) is 0 Å². The number of aryl methyl sites for hydroxylation is 1. The molecule has 1 aromatic rings. The zero-order valence-corrected chi connectivity index (χ0v) is 17.2. The van der Waals surface area contributed by atoms with E-state index in [-0.39, 0.29) is 5.75 Å². The lowest BCUT2D eigenvalue weighted by atomic mass is 9.86. The predicted molar refractivity (Wildman–Crippen MR) is 99.2 cm³/mol.